The van der Waals surface area contributed by atoms with Crippen LogP contribution < -0.4 is 11.1 Å². The Morgan fingerprint density at radius 1 is 1.15 bits per heavy atom. The van der Waals surface area contributed by atoms with Crippen LogP contribution >= 0.6 is 11.6 Å². The van der Waals surface area contributed by atoms with Gasteiger partial charge in [-0.2, -0.15) is 0 Å². The summed E-state index contributed by atoms with van der Waals surface area (Å²) in [5.74, 6) is 1.16. The highest BCUT2D eigenvalue weighted by Crippen LogP contribution is 2.34. The van der Waals surface area contributed by atoms with Crippen molar-refractivity contribution < 1.29 is 5.11 Å². The molecule has 1 aromatic heterocycles. The van der Waals surface area contributed by atoms with E-state index in [2.05, 4.69) is 15.3 Å². The van der Waals surface area contributed by atoms with E-state index in [4.69, 9.17) is 17.3 Å². The van der Waals surface area contributed by atoms with Crippen molar-refractivity contribution in [2.24, 2.45) is 5.73 Å². The molecule has 0 saturated heterocycles. The molecule has 0 fully saturated rings. The molecule has 0 amide bonds. The third-order valence-corrected chi connectivity index (χ3v) is 4.71. The highest BCUT2D eigenvalue weighted by Gasteiger charge is 2.15. The number of hydrogen-bond donors (Lipinski definition) is 3. The van der Waals surface area contributed by atoms with Gasteiger partial charge in [-0.05, 0) is 42.7 Å². The van der Waals surface area contributed by atoms with Gasteiger partial charge in [0.2, 0.25) is 0 Å². The number of nitrogens with one attached hydrogen (secondary N) is 1. The predicted octanol–water partition coefficient (Wildman–Crippen LogP) is 4.63. The van der Waals surface area contributed by atoms with Gasteiger partial charge < -0.3 is 16.2 Å². The number of anilines is 1. The molecule has 6 heteroatoms. The van der Waals surface area contributed by atoms with Gasteiger partial charge >= 0.3 is 0 Å². The zero-order valence-corrected chi connectivity index (χ0v) is 16.2. The molecule has 0 saturated carbocycles. The Morgan fingerprint density at radius 3 is 2.67 bits per heavy atom. The molecule has 0 spiro atoms. The molecule has 1 atom stereocenters. The van der Waals surface area contributed by atoms with Gasteiger partial charge in [0.25, 0.3) is 0 Å². The fourth-order valence-electron chi connectivity index (χ4n) is 2.78. The van der Waals surface area contributed by atoms with Crippen molar-refractivity contribution in [1.82, 2.24) is 9.97 Å². The highest BCUT2D eigenvalue weighted by atomic mass is 35.5. The minimum Gasteiger partial charge on any atom is -0.507 e. The maximum Gasteiger partial charge on any atom is 0.165 e. The van der Waals surface area contributed by atoms with E-state index in [0.29, 0.717) is 28.8 Å². The van der Waals surface area contributed by atoms with Crippen molar-refractivity contribution in [3.05, 3.63) is 59.2 Å². The van der Waals surface area contributed by atoms with E-state index in [0.717, 1.165) is 23.1 Å². The van der Waals surface area contributed by atoms with Crippen molar-refractivity contribution in [1.29, 1.82) is 0 Å². The number of aromatic hydroxyl groups is 1. The SMILES string of the molecule is CC[C@@H](N)CNc1nc(-c2cc(Cl)ccc2O)ncc1-c1ccccc1C. The molecule has 0 bridgehead atoms. The van der Waals surface area contributed by atoms with Crippen LogP contribution in [0.1, 0.15) is 18.9 Å². The summed E-state index contributed by atoms with van der Waals surface area (Å²) in [5, 5.41) is 14.0. The third kappa shape index (κ3) is 4.38. The van der Waals surface area contributed by atoms with Crippen LogP contribution in [0.5, 0.6) is 5.75 Å². The lowest BCUT2D eigenvalue weighted by atomic mass is 10.0. The standard InChI is InChI=1S/C21H23ClN4O/c1-3-15(23)11-24-21-18(16-7-5-4-6-13(16)2)12-25-20(26-21)17-10-14(22)8-9-19(17)27/h4-10,12,15,27H,3,11,23H2,1-2H3,(H,24,25,26)/t15-/m1/s1. The van der Waals surface area contributed by atoms with Gasteiger partial charge in [0.15, 0.2) is 5.82 Å². The Kier molecular flexibility index (Phi) is 5.94. The van der Waals surface area contributed by atoms with Crippen LogP contribution in [0.4, 0.5) is 5.82 Å². The Labute approximate surface area is 164 Å². The van der Waals surface area contributed by atoms with Crippen LogP contribution in [0.3, 0.4) is 0 Å². The lowest BCUT2D eigenvalue weighted by Gasteiger charge is -2.16. The van der Waals surface area contributed by atoms with Gasteiger partial charge in [-0.25, -0.2) is 9.97 Å². The lowest BCUT2D eigenvalue weighted by Crippen LogP contribution is -2.28. The summed E-state index contributed by atoms with van der Waals surface area (Å²) in [6.45, 7) is 4.69. The van der Waals surface area contributed by atoms with E-state index in [1.807, 2.05) is 38.1 Å². The number of nitrogens with two attached hydrogens (primary N) is 1. The van der Waals surface area contributed by atoms with Gasteiger partial charge in [0, 0.05) is 29.4 Å². The molecule has 27 heavy (non-hydrogen) atoms. The van der Waals surface area contributed by atoms with Crippen molar-refractivity contribution in [3.63, 3.8) is 0 Å². The molecule has 2 aromatic carbocycles. The van der Waals surface area contributed by atoms with Crippen LogP contribution in [-0.2, 0) is 0 Å². The summed E-state index contributed by atoms with van der Waals surface area (Å²) in [4.78, 5) is 9.15. The van der Waals surface area contributed by atoms with Crippen molar-refractivity contribution in [2.75, 3.05) is 11.9 Å². The van der Waals surface area contributed by atoms with Crippen LogP contribution in [0.25, 0.3) is 22.5 Å². The number of nitrogens with zero attached hydrogens (tertiary/aromatic N) is 2. The smallest absolute Gasteiger partial charge is 0.165 e. The Morgan fingerprint density at radius 2 is 1.93 bits per heavy atom. The van der Waals surface area contributed by atoms with Gasteiger partial charge in [-0.3, -0.25) is 0 Å². The maximum absolute atomic E-state index is 10.2. The quantitative estimate of drug-likeness (QED) is 0.579. The largest absolute Gasteiger partial charge is 0.507 e. The second-order valence-electron chi connectivity index (χ2n) is 6.48. The number of hydrogen-bond acceptors (Lipinski definition) is 5. The van der Waals surface area contributed by atoms with Gasteiger partial charge in [0.05, 0.1) is 5.56 Å². The van der Waals surface area contributed by atoms with E-state index in [9.17, 15) is 5.11 Å². The van der Waals surface area contributed by atoms with Crippen LogP contribution in [0, 0.1) is 6.92 Å². The number of rotatable bonds is 6. The molecule has 140 valence electrons. The molecule has 3 aromatic rings. The molecule has 4 N–H and O–H groups in total. The third-order valence-electron chi connectivity index (χ3n) is 4.48. The maximum atomic E-state index is 10.2. The highest BCUT2D eigenvalue weighted by molar-refractivity contribution is 6.30. The summed E-state index contributed by atoms with van der Waals surface area (Å²) in [7, 11) is 0. The molecule has 0 aliphatic carbocycles. The molecule has 0 aliphatic rings. The summed E-state index contributed by atoms with van der Waals surface area (Å²) < 4.78 is 0. The first-order chi connectivity index (χ1) is 13.0. The first-order valence-corrected chi connectivity index (χ1v) is 9.28. The number of benzene rings is 2. The first-order valence-electron chi connectivity index (χ1n) is 8.91. The molecule has 5 nitrogen and oxygen atoms in total. The van der Waals surface area contributed by atoms with Crippen LogP contribution in [0.15, 0.2) is 48.7 Å². The molecule has 3 rings (SSSR count). The van der Waals surface area contributed by atoms with E-state index in [1.165, 1.54) is 6.07 Å². The van der Waals surface area contributed by atoms with E-state index >= 15 is 0 Å². The Balaban J connectivity index is 2.09. The van der Waals surface area contributed by atoms with Crippen molar-refractivity contribution >= 4 is 17.4 Å². The first kappa shape index (κ1) is 19.1. The molecule has 0 aliphatic heterocycles. The summed E-state index contributed by atoms with van der Waals surface area (Å²) in [6, 6.07) is 12.9. The average Bonchev–Trinajstić information content (AvgIpc) is 2.68. The number of phenols is 1. The zero-order chi connectivity index (χ0) is 19.4. The van der Waals surface area contributed by atoms with Crippen molar-refractivity contribution in [3.8, 4) is 28.3 Å². The minimum atomic E-state index is 0.0210. The van der Waals surface area contributed by atoms with Crippen LogP contribution in [0.2, 0.25) is 5.02 Å². The second kappa shape index (κ2) is 8.37. The van der Waals surface area contributed by atoms with Crippen LogP contribution in [-0.4, -0.2) is 27.7 Å². The molecule has 1 heterocycles. The van der Waals surface area contributed by atoms with E-state index in [1.54, 1.807) is 18.3 Å². The number of aryl methyl sites for hydroxylation is 1. The van der Waals surface area contributed by atoms with Gasteiger partial charge in [0.1, 0.15) is 11.6 Å². The number of phenolic OH excluding ortho intramolecular Hbond substituents is 1. The van der Waals surface area contributed by atoms with Gasteiger partial charge in [-0.15, -0.1) is 0 Å². The number of halogens is 1. The van der Waals surface area contributed by atoms with Crippen molar-refractivity contribution in [2.45, 2.75) is 26.3 Å². The Hall–Kier alpha value is -2.63. The topological polar surface area (TPSA) is 84.1 Å². The van der Waals surface area contributed by atoms with Gasteiger partial charge in [-0.1, -0.05) is 42.8 Å². The summed E-state index contributed by atoms with van der Waals surface area (Å²) in [5.41, 5.74) is 9.62. The monoisotopic (exact) mass is 382 g/mol. The van der Waals surface area contributed by atoms with E-state index < -0.39 is 0 Å². The zero-order valence-electron chi connectivity index (χ0n) is 15.4. The average molecular weight is 383 g/mol. The van der Waals surface area contributed by atoms with E-state index in [-0.39, 0.29) is 11.8 Å². The molecule has 0 radical (unpaired) electrons. The molecular weight excluding hydrogens is 360 g/mol. The fraction of sp³-hybridized carbons (Fsp3) is 0.238. The summed E-state index contributed by atoms with van der Waals surface area (Å²) >= 11 is 6.08. The minimum absolute atomic E-state index is 0.0210. The Bertz CT molecular complexity index is 945. The molecule has 0 unspecified atom stereocenters. The predicted molar refractivity (Wildman–Crippen MR) is 111 cm³/mol. The summed E-state index contributed by atoms with van der Waals surface area (Å²) in [6.07, 6.45) is 2.63. The molecular formula is C21H23ClN4O. The second-order valence-corrected chi connectivity index (χ2v) is 6.92. The fourth-order valence-corrected chi connectivity index (χ4v) is 2.95. The number of aromatic nitrogens is 2. The lowest BCUT2D eigenvalue weighted by molar-refractivity contribution is 0.477. The normalized spacial score (nSPS) is 12.0.